The molecule has 0 aromatic heterocycles. The molecular weight excluding hydrogens is 186 g/mol. The Morgan fingerprint density at radius 2 is 2.00 bits per heavy atom. The van der Waals surface area contributed by atoms with Crippen LogP contribution in [0.3, 0.4) is 0 Å². The third kappa shape index (κ3) is 4.65. The molecule has 0 aromatic carbocycles. The minimum absolute atomic E-state index is 0.317. The average molecular weight is 211 g/mol. The van der Waals surface area contributed by atoms with E-state index >= 15 is 0 Å². The SMILES string of the molecule is CC(C)CCN(C(C)CC(=N)N)C1CC1. The molecule has 3 nitrogen and oxygen atoms in total. The molecule has 0 radical (unpaired) electrons. The van der Waals surface area contributed by atoms with Gasteiger partial charge in [-0.2, -0.15) is 0 Å². The number of nitrogens with two attached hydrogens (primary N) is 1. The van der Waals surface area contributed by atoms with Crippen LogP contribution in [-0.4, -0.2) is 29.4 Å². The second-order valence-electron chi connectivity index (χ2n) is 5.23. The van der Waals surface area contributed by atoms with Crippen molar-refractivity contribution < 1.29 is 0 Å². The summed E-state index contributed by atoms with van der Waals surface area (Å²) >= 11 is 0. The molecule has 0 bridgehead atoms. The van der Waals surface area contributed by atoms with Crippen molar-refractivity contribution in [3.63, 3.8) is 0 Å². The highest BCUT2D eigenvalue weighted by atomic mass is 15.2. The second-order valence-corrected chi connectivity index (χ2v) is 5.23. The first-order valence-electron chi connectivity index (χ1n) is 6.09. The van der Waals surface area contributed by atoms with Crippen LogP contribution in [0, 0.1) is 11.3 Å². The van der Waals surface area contributed by atoms with Crippen LogP contribution in [0.4, 0.5) is 0 Å². The van der Waals surface area contributed by atoms with Gasteiger partial charge in [-0.1, -0.05) is 13.8 Å². The van der Waals surface area contributed by atoms with Crippen molar-refractivity contribution in [2.45, 2.75) is 58.5 Å². The van der Waals surface area contributed by atoms with Crippen molar-refractivity contribution in [3.8, 4) is 0 Å². The smallest absolute Gasteiger partial charge is 0.0920 e. The zero-order valence-corrected chi connectivity index (χ0v) is 10.3. The van der Waals surface area contributed by atoms with E-state index in [1.165, 1.54) is 19.3 Å². The van der Waals surface area contributed by atoms with E-state index in [-0.39, 0.29) is 0 Å². The quantitative estimate of drug-likeness (QED) is 0.501. The fourth-order valence-electron chi connectivity index (χ4n) is 2.01. The molecule has 15 heavy (non-hydrogen) atoms. The lowest BCUT2D eigenvalue weighted by atomic mass is 10.1. The van der Waals surface area contributed by atoms with Gasteiger partial charge < -0.3 is 5.73 Å². The summed E-state index contributed by atoms with van der Waals surface area (Å²) in [6.07, 6.45) is 4.63. The molecule has 3 heteroatoms. The predicted molar refractivity (Wildman–Crippen MR) is 65.2 cm³/mol. The summed E-state index contributed by atoms with van der Waals surface area (Å²) in [6, 6.07) is 1.21. The minimum Gasteiger partial charge on any atom is -0.388 e. The molecule has 1 rings (SSSR count). The highest BCUT2D eigenvalue weighted by Crippen LogP contribution is 2.29. The van der Waals surface area contributed by atoms with Gasteiger partial charge >= 0.3 is 0 Å². The summed E-state index contributed by atoms with van der Waals surface area (Å²) in [5.41, 5.74) is 5.46. The van der Waals surface area contributed by atoms with Crippen LogP contribution in [0.1, 0.15) is 46.5 Å². The van der Waals surface area contributed by atoms with Crippen molar-refractivity contribution in [1.29, 1.82) is 5.41 Å². The zero-order chi connectivity index (χ0) is 11.4. The van der Waals surface area contributed by atoms with Crippen molar-refractivity contribution in [1.82, 2.24) is 4.90 Å². The van der Waals surface area contributed by atoms with Gasteiger partial charge in [-0.25, -0.2) is 0 Å². The molecule has 0 spiro atoms. The minimum atomic E-state index is 0.317. The molecule has 0 saturated heterocycles. The fourth-order valence-corrected chi connectivity index (χ4v) is 2.01. The molecule has 1 aliphatic rings. The van der Waals surface area contributed by atoms with E-state index < -0.39 is 0 Å². The topological polar surface area (TPSA) is 53.1 Å². The summed E-state index contributed by atoms with van der Waals surface area (Å²) in [5.74, 6) is 1.08. The van der Waals surface area contributed by atoms with E-state index in [1.54, 1.807) is 0 Å². The molecule has 0 amide bonds. The Bertz CT molecular complexity index is 209. The maximum atomic E-state index is 7.35. The highest BCUT2D eigenvalue weighted by Gasteiger charge is 2.31. The summed E-state index contributed by atoms with van der Waals surface area (Å²) in [7, 11) is 0. The molecule has 0 aromatic rings. The van der Waals surface area contributed by atoms with Crippen molar-refractivity contribution in [2.75, 3.05) is 6.54 Å². The summed E-state index contributed by atoms with van der Waals surface area (Å²) < 4.78 is 0. The number of amidine groups is 1. The first-order valence-corrected chi connectivity index (χ1v) is 6.09. The van der Waals surface area contributed by atoms with E-state index in [2.05, 4.69) is 25.7 Å². The lowest BCUT2D eigenvalue weighted by Crippen LogP contribution is -2.38. The summed E-state index contributed by atoms with van der Waals surface area (Å²) in [6.45, 7) is 7.89. The van der Waals surface area contributed by atoms with E-state index in [4.69, 9.17) is 11.1 Å². The third-order valence-corrected chi connectivity index (χ3v) is 3.06. The molecule has 1 fully saturated rings. The maximum Gasteiger partial charge on any atom is 0.0920 e. The normalized spacial score (nSPS) is 18.5. The molecule has 1 unspecified atom stereocenters. The van der Waals surface area contributed by atoms with E-state index in [9.17, 15) is 0 Å². The largest absolute Gasteiger partial charge is 0.388 e. The second kappa shape index (κ2) is 5.50. The molecule has 3 N–H and O–H groups in total. The predicted octanol–water partition coefficient (Wildman–Crippen LogP) is 2.21. The standard InChI is InChI=1S/C12H25N3/c1-9(2)6-7-15(11-4-5-11)10(3)8-12(13)14/h9-11H,4-8H2,1-3H3,(H3,13,14). The van der Waals surface area contributed by atoms with Gasteiger partial charge in [0.05, 0.1) is 5.84 Å². The first kappa shape index (κ1) is 12.5. The Hall–Kier alpha value is -0.570. The van der Waals surface area contributed by atoms with Gasteiger partial charge in [0.1, 0.15) is 0 Å². The average Bonchev–Trinajstić information content (AvgIpc) is 2.86. The van der Waals surface area contributed by atoms with Crippen LogP contribution in [0.2, 0.25) is 0 Å². The molecule has 1 atom stereocenters. The fraction of sp³-hybridized carbons (Fsp3) is 0.917. The van der Waals surface area contributed by atoms with Crippen molar-refractivity contribution >= 4 is 5.84 Å². The van der Waals surface area contributed by atoms with Gasteiger partial charge in [0, 0.05) is 18.5 Å². The van der Waals surface area contributed by atoms with Gasteiger partial charge in [-0.15, -0.1) is 0 Å². The molecular formula is C12H25N3. The number of rotatable bonds is 7. The summed E-state index contributed by atoms with van der Waals surface area (Å²) in [5, 5.41) is 7.35. The summed E-state index contributed by atoms with van der Waals surface area (Å²) in [4.78, 5) is 2.54. The Balaban J connectivity index is 2.38. The van der Waals surface area contributed by atoms with Gasteiger partial charge in [0.15, 0.2) is 0 Å². The Kier molecular flexibility index (Phi) is 4.58. The Labute approximate surface area is 93.5 Å². The maximum absolute atomic E-state index is 7.35. The van der Waals surface area contributed by atoms with Crippen LogP contribution >= 0.6 is 0 Å². The number of nitrogens with zero attached hydrogens (tertiary/aromatic N) is 1. The molecule has 0 heterocycles. The van der Waals surface area contributed by atoms with Gasteiger partial charge in [0.2, 0.25) is 0 Å². The van der Waals surface area contributed by atoms with Crippen LogP contribution in [0.25, 0.3) is 0 Å². The Morgan fingerprint density at radius 1 is 1.40 bits per heavy atom. The lowest BCUT2D eigenvalue weighted by molar-refractivity contribution is 0.191. The third-order valence-electron chi connectivity index (χ3n) is 3.06. The molecule has 88 valence electrons. The van der Waals surface area contributed by atoms with Crippen LogP contribution < -0.4 is 5.73 Å². The van der Waals surface area contributed by atoms with Gasteiger partial charge in [-0.3, -0.25) is 10.3 Å². The van der Waals surface area contributed by atoms with Crippen LogP contribution in [0.15, 0.2) is 0 Å². The van der Waals surface area contributed by atoms with Crippen LogP contribution in [-0.2, 0) is 0 Å². The monoisotopic (exact) mass is 211 g/mol. The van der Waals surface area contributed by atoms with Crippen molar-refractivity contribution in [2.24, 2.45) is 11.7 Å². The number of nitrogens with one attached hydrogen (secondary N) is 1. The first-order chi connectivity index (χ1) is 7.00. The highest BCUT2D eigenvalue weighted by molar-refractivity contribution is 5.77. The Morgan fingerprint density at radius 3 is 2.40 bits per heavy atom. The molecule has 1 saturated carbocycles. The van der Waals surface area contributed by atoms with E-state index in [0.717, 1.165) is 18.5 Å². The number of hydrogen-bond acceptors (Lipinski definition) is 2. The lowest BCUT2D eigenvalue weighted by Gasteiger charge is -2.29. The number of hydrogen-bond donors (Lipinski definition) is 2. The van der Waals surface area contributed by atoms with E-state index in [0.29, 0.717) is 18.3 Å². The van der Waals surface area contributed by atoms with Crippen molar-refractivity contribution in [3.05, 3.63) is 0 Å². The van der Waals surface area contributed by atoms with Gasteiger partial charge in [-0.05, 0) is 38.6 Å². The van der Waals surface area contributed by atoms with Gasteiger partial charge in [0.25, 0.3) is 0 Å². The van der Waals surface area contributed by atoms with E-state index in [1.807, 2.05) is 0 Å². The van der Waals surface area contributed by atoms with Crippen LogP contribution in [0.5, 0.6) is 0 Å². The zero-order valence-electron chi connectivity index (χ0n) is 10.3. The molecule has 0 aliphatic heterocycles. The molecule has 1 aliphatic carbocycles.